The number of thiazole rings is 1. The number of methoxy groups -OCH3 is 2. The van der Waals surface area contributed by atoms with Crippen LogP contribution in [-0.2, 0) is 6.54 Å². The molecule has 25 heavy (non-hydrogen) atoms. The zero-order chi connectivity index (χ0) is 18.0. The highest BCUT2D eigenvalue weighted by atomic mass is 32.1. The Balaban J connectivity index is 2.23. The molecule has 1 aromatic heterocycles. The summed E-state index contributed by atoms with van der Waals surface area (Å²) in [5.41, 5.74) is 2.56. The third-order valence-electron chi connectivity index (χ3n) is 4.06. The number of carbonyl (C=O) groups excluding carboxylic acids is 1. The maximum atomic E-state index is 12.7. The number of aromatic nitrogens is 1. The van der Waals surface area contributed by atoms with Gasteiger partial charge in [-0.2, -0.15) is 4.99 Å². The monoisotopic (exact) mass is 356 g/mol. The fourth-order valence-electron chi connectivity index (χ4n) is 2.79. The van der Waals surface area contributed by atoms with Crippen molar-refractivity contribution < 1.29 is 14.3 Å². The van der Waals surface area contributed by atoms with Crippen LogP contribution >= 0.6 is 11.3 Å². The zero-order valence-corrected chi connectivity index (χ0v) is 15.5. The van der Waals surface area contributed by atoms with E-state index in [2.05, 4.69) is 4.99 Å². The van der Waals surface area contributed by atoms with Gasteiger partial charge in [0, 0.05) is 6.54 Å². The molecule has 0 saturated heterocycles. The van der Waals surface area contributed by atoms with Gasteiger partial charge in [0.15, 0.2) is 4.80 Å². The summed E-state index contributed by atoms with van der Waals surface area (Å²) in [5, 5.41) is 0. The number of nitrogens with zero attached hydrogens (tertiary/aromatic N) is 2. The lowest BCUT2D eigenvalue weighted by Crippen LogP contribution is -2.16. The summed E-state index contributed by atoms with van der Waals surface area (Å²) < 4.78 is 13.9. The Hall–Kier alpha value is -2.60. The van der Waals surface area contributed by atoms with E-state index in [1.54, 1.807) is 32.4 Å². The molecule has 1 amide bonds. The second kappa shape index (κ2) is 7.11. The minimum absolute atomic E-state index is 0.317. The number of fused-ring (bicyclic) bond motifs is 1. The molecule has 0 N–H and O–H groups in total. The molecule has 6 heteroatoms. The summed E-state index contributed by atoms with van der Waals surface area (Å²) in [5.74, 6) is 0.988. The summed E-state index contributed by atoms with van der Waals surface area (Å²) in [7, 11) is 3.20. The molecule has 130 valence electrons. The van der Waals surface area contributed by atoms with Crippen molar-refractivity contribution in [1.29, 1.82) is 0 Å². The lowest BCUT2D eigenvalue weighted by atomic mass is 10.2. The van der Waals surface area contributed by atoms with E-state index in [4.69, 9.17) is 9.47 Å². The summed E-state index contributed by atoms with van der Waals surface area (Å²) in [6.45, 7) is 4.77. The number of aryl methyl sites for hydroxylation is 2. The Bertz CT molecular complexity index is 1000. The van der Waals surface area contributed by atoms with Crippen LogP contribution in [0.5, 0.6) is 11.5 Å². The maximum Gasteiger partial charge on any atom is 0.283 e. The van der Waals surface area contributed by atoms with E-state index in [0.717, 1.165) is 21.5 Å². The van der Waals surface area contributed by atoms with Crippen molar-refractivity contribution in [2.45, 2.75) is 20.4 Å². The number of ether oxygens (including phenoxy) is 2. The first-order valence-corrected chi connectivity index (χ1v) is 8.81. The highest BCUT2D eigenvalue weighted by Gasteiger charge is 2.15. The van der Waals surface area contributed by atoms with Gasteiger partial charge in [-0.3, -0.25) is 4.79 Å². The van der Waals surface area contributed by atoms with E-state index >= 15 is 0 Å². The van der Waals surface area contributed by atoms with Crippen molar-refractivity contribution >= 4 is 27.5 Å². The van der Waals surface area contributed by atoms with Gasteiger partial charge in [0.25, 0.3) is 5.91 Å². The fourth-order valence-corrected chi connectivity index (χ4v) is 3.97. The Morgan fingerprint density at radius 1 is 1.12 bits per heavy atom. The molecule has 0 unspecified atom stereocenters. The Morgan fingerprint density at radius 2 is 1.84 bits per heavy atom. The number of benzene rings is 2. The first-order valence-electron chi connectivity index (χ1n) is 7.99. The first kappa shape index (κ1) is 17.2. The molecule has 0 saturated carbocycles. The molecule has 2 aromatic carbocycles. The van der Waals surface area contributed by atoms with Crippen molar-refractivity contribution in [3.05, 3.63) is 52.3 Å². The number of para-hydroxylation sites is 1. The van der Waals surface area contributed by atoms with Gasteiger partial charge in [0.2, 0.25) is 0 Å². The van der Waals surface area contributed by atoms with Crippen LogP contribution in [0.4, 0.5) is 0 Å². The summed E-state index contributed by atoms with van der Waals surface area (Å²) in [6.07, 6.45) is 0. The third kappa shape index (κ3) is 3.05. The van der Waals surface area contributed by atoms with Crippen LogP contribution in [0.1, 0.15) is 22.8 Å². The van der Waals surface area contributed by atoms with E-state index in [1.807, 2.05) is 36.6 Å². The fraction of sp³-hybridized carbons (Fsp3) is 0.263. The van der Waals surface area contributed by atoms with Crippen molar-refractivity contribution in [1.82, 2.24) is 4.57 Å². The van der Waals surface area contributed by atoms with Crippen molar-refractivity contribution in [2.24, 2.45) is 4.99 Å². The van der Waals surface area contributed by atoms with E-state index < -0.39 is 0 Å². The quantitative estimate of drug-likeness (QED) is 0.715. The van der Waals surface area contributed by atoms with E-state index in [9.17, 15) is 4.79 Å². The lowest BCUT2D eigenvalue weighted by Gasteiger charge is -2.07. The van der Waals surface area contributed by atoms with Gasteiger partial charge >= 0.3 is 0 Å². The van der Waals surface area contributed by atoms with Gasteiger partial charge < -0.3 is 14.0 Å². The van der Waals surface area contributed by atoms with Crippen LogP contribution < -0.4 is 14.3 Å². The highest BCUT2D eigenvalue weighted by molar-refractivity contribution is 7.16. The molecule has 0 spiro atoms. The number of carbonyl (C=O) groups is 1. The molecule has 0 aliphatic heterocycles. The largest absolute Gasteiger partial charge is 0.496 e. The Kier molecular flexibility index (Phi) is 4.90. The molecule has 1 heterocycles. The summed E-state index contributed by atoms with van der Waals surface area (Å²) >= 11 is 1.50. The standard InChI is InChI=1S/C19H20N2O3S/c1-5-21-16-15(24-4)11-10-12(2)17(16)25-19(21)20-18(22)13-8-6-7-9-14(13)23-3/h6-11H,5H2,1-4H3. The van der Waals surface area contributed by atoms with Gasteiger partial charge in [0.1, 0.15) is 17.0 Å². The van der Waals surface area contributed by atoms with Gasteiger partial charge in [-0.25, -0.2) is 0 Å². The predicted octanol–water partition coefficient (Wildman–Crippen LogP) is 3.79. The molecule has 3 aromatic rings. The molecule has 0 aliphatic carbocycles. The van der Waals surface area contributed by atoms with Gasteiger partial charge in [-0.15, -0.1) is 0 Å². The Labute approximate surface area is 150 Å². The number of hydrogen-bond acceptors (Lipinski definition) is 4. The van der Waals surface area contributed by atoms with Crippen LogP contribution in [0.25, 0.3) is 10.2 Å². The number of rotatable bonds is 4. The molecule has 3 rings (SSSR count). The second-order valence-electron chi connectivity index (χ2n) is 5.51. The molecule has 0 atom stereocenters. The van der Waals surface area contributed by atoms with Crippen LogP contribution in [0.15, 0.2) is 41.4 Å². The van der Waals surface area contributed by atoms with Crippen molar-refractivity contribution in [2.75, 3.05) is 14.2 Å². The lowest BCUT2D eigenvalue weighted by molar-refractivity contribution is 0.0995. The van der Waals surface area contributed by atoms with Gasteiger partial charge in [-0.05, 0) is 37.6 Å². The third-order valence-corrected chi connectivity index (χ3v) is 5.27. The first-order chi connectivity index (χ1) is 12.1. The van der Waals surface area contributed by atoms with Crippen LogP contribution in [0.2, 0.25) is 0 Å². The number of hydrogen-bond donors (Lipinski definition) is 0. The zero-order valence-electron chi connectivity index (χ0n) is 14.7. The van der Waals surface area contributed by atoms with E-state index in [-0.39, 0.29) is 5.91 Å². The minimum Gasteiger partial charge on any atom is -0.496 e. The SMILES string of the molecule is CCn1c(=NC(=O)c2ccccc2OC)sc2c(C)ccc(OC)c21. The van der Waals surface area contributed by atoms with Crippen LogP contribution in [-0.4, -0.2) is 24.7 Å². The molecule has 0 radical (unpaired) electrons. The molecule has 0 aliphatic rings. The summed E-state index contributed by atoms with van der Waals surface area (Å²) in [6, 6.07) is 11.1. The minimum atomic E-state index is -0.317. The van der Waals surface area contributed by atoms with E-state index in [0.29, 0.717) is 22.7 Å². The second-order valence-corrected chi connectivity index (χ2v) is 6.49. The van der Waals surface area contributed by atoms with Crippen molar-refractivity contribution in [3.8, 4) is 11.5 Å². The number of amides is 1. The molecular formula is C19H20N2O3S. The molecule has 0 bridgehead atoms. The Morgan fingerprint density at radius 3 is 2.52 bits per heavy atom. The van der Waals surface area contributed by atoms with Gasteiger partial charge in [-0.1, -0.05) is 29.5 Å². The van der Waals surface area contributed by atoms with Crippen molar-refractivity contribution in [3.63, 3.8) is 0 Å². The molecule has 0 fully saturated rings. The average Bonchev–Trinajstić information content (AvgIpc) is 3.01. The molecule has 5 nitrogen and oxygen atoms in total. The molecular weight excluding hydrogens is 336 g/mol. The summed E-state index contributed by atoms with van der Waals surface area (Å²) in [4.78, 5) is 17.7. The van der Waals surface area contributed by atoms with Crippen LogP contribution in [0.3, 0.4) is 0 Å². The van der Waals surface area contributed by atoms with E-state index in [1.165, 1.54) is 11.3 Å². The van der Waals surface area contributed by atoms with Gasteiger partial charge in [0.05, 0.1) is 24.5 Å². The maximum absolute atomic E-state index is 12.7. The normalized spacial score (nSPS) is 11.8. The highest BCUT2D eigenvalue weighted by Crippen LogP contribution is 2.30. The van der Waals surface area contributed by atoms with Crippen LogP contribution in [0, 0.1) is 6.92 Å². The average molecular weight is 356 g/mol. The smallest absolute Gasteiger partial charge is 0.283 e. The predicted molar refractivity (Wildman–Crippen MR) is 99.7 cm³/mol. The topological polar surface area (TPSA) is 52.8 Å².